The van der Waals surface area contributed by atoms with Crippen molar-refractivity contribution in [1.82, 2.24) is 15.2 Å². The summed E-state index contributed by atoms with van der Waals surface area (Å²) >= 11 is 0. The lowest BCUT2D eigenvalue weighted by Crippen LogP contribution is -2.10. The predicted molar refractivity (Wildman–Crippen MR) is 56.0 cm³/mol. The topological polar surface area (TPSA) is 72.8 Å². The Morgan fingerprint density at radius 1 is 1.20 bits per heavy atom. The summed E-state index contributed by atoms with van der Waals surface area (Å²) in [7, 11) is -3.58. The first-order valence-corrected chi connectivity index (χ1v) is 6.19. The minimum Gasteiger partial charge on any atom is -0.220 e. The maximum atomic E-state index is 11.4. The molecule has 0 aliphatic heterocycles. The van der Waals surface area contributed by atoms with E-state index >= 15 is 0 Å². The Balaban J connectivity index is 3.32. The van der Waals surface area contributed by atoms with E-state index in [0.717, 1.165) is 11.1 Å². The fourth-order valence-corrected chi connectivity index (χ4v) is 1.66. The van der Waals surface area contributed by atoms with Gasteiger partial charge in [0.05, 0.1) is 11.4 Å². The van der Waals surface area contributed by atoms with E-state index in [1.54, 1.807) is 0 Å². The van der Waals surface area contributed by atoms with Gasteiger partial charge in [-0.1, -0.05) is 20.4 Å². The average molecular weight is 227 g/mol. The van der Waals surface area contributed by atoms with Crippen LogP contribution < -0.4 is 0 Å². The molecular weight excluding hydrogens is 214 g/mol. The molecule has 0 N–H and O–H groups in total. The molecule has 0 unspecified atom stereocenters. The van der Waals surface area contributed by atoms with Crippen molar-refractivity contribution in [3.05, 3.63) is 23.4 Å². The van der Waals surface area contributed by atoms with Crippen LogP contribution in [0.25, 0.3) is 0 Å². The molecule has 0 saturated carbocycles. The quantitative estimate of drug-likeness (QED) is 0.764. The highest BCUT2D eigenvalue weighted by atomic mass is 32.2. The van der Waals surface area contributed by atoms with Gasteiger partial charge in [-0.15, -0.1) is 5.10 Å². The van der Waals surface area contributed by atoms with Gasteiger partial charge >= 0.3 is 0 Å². The van der Waals surface area contributed by atoms with Crippen molar-refractivity contribution in [3.63, 3.8) is 0 Å². The molecule has 1 rings (SSSR count). The summed E-state index contributed by atoms with van der Waals surface area (Å²) in [6.07, 6.45) is 1.33. The van der Waals surface area contributed by atoms with Gasteiger partial charge in [-0.25, -0.2) is 13.4 Å². The van der Waals surface area contributed by atoms with Gasteiger partial charge in [0.1, 0.15) is 0 Å². The second kappa shape index (κ2) is 4.48. The van der Waals surface area contributed by atoms with Gasteiger partial charge in [-0.2, -0.15) is 5.10 Å². The number of nitrogens with zero attached hydrogens (tertiary/aromatic N) is 3. The van der Waals surface area contributed by atoms with Crippen LogP contribution in [0.15, 0.2) is 17.1 Å². The molecule has 0 atom stereocenters. The third kappa shape index (κ3) is 2.38. The zero-order chi connectivity index (χ0) is 11.5. The second-order valence-electron chi connectivity index (χ2n) is 2.91. The number of rotatable bonds is 4. The molecule has 0 aliphatic rings. The van der Waals surface area contributed by atoms with Gasteiger partial charge in [0.2, 0.25) is 9.84 Å². The van der Waals surface area contributed by atoms with Crippen molar-refractivity contribution in [2.75, 3.05) is 0 Å². The van der Waals surface area contributed by atoms with Gasteiger partial charge in [0.15, 0.2) is 0 Å². The average Bonchev–Trinajstić information content (AvgIpc) is 2.28. The Hall–Kier alpha value is -1.30. The van der Waals surface area contributed by atoms with Crippen molar-refractivity contribution in [3.8, 4) is 0 Å². The summed E-state index contributed by atoms with van der Waals surface area (Å²) < 4.78 is 22.8. The zero-order valence-electron chi connectivity index (χ0n) is 8.77. The molecule has 0 spiro atoms. The fraction of sp³-hybridized carbons (Fsp3) is 0.444. The normalized spacial score (nSPS) is 11.3. The molecule has 0 aliphatic carbocycles. The number of hydrogen-bond acceptors (Lipinski definition) is 5. The van der Waals surface area contributed by atoms with E-state index in [1.807, 2.05) is 13.8 Å². The standard InChI is InChI=1S/C9H13N3O2S/c1-4-7-8(5-2)11-12-9(10-7)15(13,14)6-3/h6H,3-5H2,1-2H3. The summed E-state index contributed by atoms with van der Waals surface area (Å²) in [6.45, 7) is 7.03. The Kier molecular flexibility index (Phi) is 3.52. The van der Waals surface area contributed by atoms with E-state index in [1.165, 1.54) is 0 Å². The number of aryl methyl sites for hydroxylation is 2. The van der Waals surface area contributed by atoms with Crippen molar-refractivity contribution in [1.29, 1.82) is 0 Å². The molecule has 0 fully saturated rings. The number of aromatic nitrogens is 3. The minimum atomic E-state index is -3.58. The number of sulfone groups is 1. The van der Waals surface area contributed by atoms with Crippen LogP contribution in [0.1, 0.15) is 25.2 Å². The first-order chi connectivity index (χ1) is 7.05. The predicted octanol–water partition coefficient (Wildman–Crippen LogP) is 0.914. The van der Waals surface area contributed by atoms with E-state index in [0.29, 0.717) is 18.5 Å². The van der Waals surface area contributed by atoms with Crippen LogP contribution in [0.4, 0.5) is 0 Å². The summed E-state index contributed by atoms with van der Waals surface area (Å²) in [5.74, 6) is 0. The van der Waals surface area contributed by atoms with Crippen LogP contribution in [-0.2, 0) is 22.7 Å². The zero-order valence-corrected chi connectivity index (χ0v) is 9.58. The van der Waals surface area contributed by atoms with Gasteiger partial charge in [0, 0.05) is 5.41 Å². The van der Waals surface area contributed by atoms with Crippen LogP contribution >= 0.6 is 0 Å². The van der Waals surface area contributed by atoms with Gasteiger partial charge < -0.3 is 0 Å². The molecule has 0 saturated heterocycles. The van der Waals surface area contributed by atoms with Crippen LogP contribution in [0.3, 0.4) is 0 Å². The van der Waals surface area contributed by atoms with Gasteiger partial charge in [0.25, 0.3) is 5.16 Å². The molecule has 1 heterocycles. The van der Waals surface area contributed by atoms with E-state index in [4.69, 9.17) is 0 Å². The molecular formula is C9H13N3O2S. The largest absolute Gasteiger partial charge is 0.271 e. The minimum absolute atomic E-state index is 0.272. The highest BCUT2D eigenvalue weighted by Gasteiger charge is 2.16. The lowest BCUT2D eigenvalue weighted by atomic mass is 10.2. The Morgan fingerprint density at radius 2 is 1.80 bits per heavy atom. The van der Waals surface area contributed by atoms with Crippen LogP contribution in [0.2, 0.25) is 0 Å². The molecule has 5 nitrogen and oxygen atoms in total. The molecule has 0 amide bonds. The fourth-order valence-electron chi connectivity index (χ4n) is 1.12. The van der Waals surface area contributed by atoms with Crippen molar-refractivity contribution < 1.29 is 8.42 Å². The molecule has 82 valence electrons. The maximum Gasteiger partial charge on any atom is 0.271 e. The van der Waals surface area contributed by atoms with E-state index in [-0.39, 0.29) is 5.16 Å². The first kappa shape index (κ1) is 11.8. The van der Waals surface area contributed by atoms with Gasteiger partial charge in [-0.05, 0) is 12.8 Å². The Bertz CT molecular complexity index is 468. The van der Waals surface area contributed by atoms with Crippen molar-refractivity contribution >= 4 is 9.84 Å². The van der Waals surface area contributed by atoms with Crippen molar-refractivity contribution in [2.24, 2.45) is 0 Å². The number of hydrogen-bond donors (Lipinski definition) is 0. The Labute approximate surface area is 89.2 Å². The Morgan fingerprint density at radius 3 is 2.27 bits per heavy atom. The summed E-state index contributed by atoms with van der Waals surface area (Å²) in [5, 5.41) is 7.98. The monoisotopic (exact) mass is 227 g/mol. The molecule has 1 aromatic heterocycles. The third-order valence-corrected chi connectivity index (χ3v) is 3.08. The third-order valence-electron chi connectivity index (χ3n) is 1.96. The smallest absolute Gasteiger partial charge is 0.220 e. The molecule has 15 heavy (non-hydrogen) atoms. The SMILES string of the molecule is C=CS(=O)(=O)c1nnc(CC)c(CC)n1. The van der Waals surface area contributed by atoms with Crippen LogP contribution in [-0.4, -0.2) is 23.6 Å². The second-order valence-corrected chi connectivity index (χ2v) is 4.70. The lowest BCUT2D eigenvalue weighted by Gasteiger charge is -2.03. The van der Waals surface area contributed by atoms with E-state index < -0.39 is 9.84 Å². The summed E-state index contributed by atoms with van der Waals surface area (Å²) in [4.78, 5) is 3.97. The molecule has 1 aromatic rings. The molecule has 6 heteroatoms. The summed E-state index contributed by atoms with van der Waals surface area (Å²) in [5.41, 5.74) is 1.41. The van der Waals surface area contributed by atoms with E-state index in [2.05, 4.69) is 21.8 Å². The molecule has 0 radical (unpaired) electrons. The first-order valence-electron chi connectivity index (χ1n) is 4.65. The lowest BCUT2D eigenvalue weighted by molar-refractivity contribution is 0.588. The highest BCUT2D eigenvalue weighted by Crippen LogP contribution is 2.09. The van der Waals surface area contributed by atoms with Crippen molar-refractivity contribution in [2.45, 2.75) is 31.8 Å². The highest BCUT2D eigenvalue weighted by molar-refractivity contribution is 7.94. The summed E-state index contributed by atoms with van der Waals surface area (Å²) in [6, 6.07) is 0. The van der Waals surface area contributed by atoms with Crippen LogP contribution in [0, 0.1) is 0 Å². The van der Waals surface area contributed by atoms with Crippen LogP contribution in [0.5, 0.6) is 0 Å². The molecule has 0 aromatic carbocycles. The van der Waals surface area contributed by atoms with Gasteiger partial charge in [-0.3, -0.25) is 0 Å². The maximum absolute atomic E-state index is 11.4. The molecule has 0 bridgehead atoms. The van der Waals surface area contributed by atoms with E-state index in [9.17, 15) is 8.42 Å².